The Morgan fingerprint density at radius 3 is 2.57 bits per heavy atom. The van der Waals surface area contributed by atoms with Crippen LogP contribution in [-0.2, 0) is 4.79 Å². The summed E-state index contributed by atoms with van der Waals surface area (Å²) in [6.45, 7) is 5.82. The Labute approximate surface area is 124 Å². The number of anilines is 2. The zero-order valence-electron chi connectivity index (χ0n) is 12.6. The number of benzene rings is 2. The Bertz CT molecular complexity index is 643. The molecule has 4 nitrogen and oxygen atoms in total. The van der Waals surface area contributed by atoms with Gasteiger partial charge in [0, 0.05) is 0 Å². The molecule has 0 heterocycles. The molecule has 0 bridgehead atoms. The lowest BCUT2D eigenvalue weighted by molar-refractivity contribution is -0.118. The van der Waals surface area contributed by atoms with Gasteiger partial charge in [-0.25, -0.2) is 0 Å². The molecule has 4 heteroatoms. The maximum atomic E-state index is 12.0. The summed E-state index contributed by atoms with van der Waals surface area (Å²) in [5.41, 5.74) is 10.3. The highest BCUT2D eigenvalue weighted by molar-refractivity contribution is 5.95. The second-order valence-electron chi connectivity index (χ2n) is 5.20. The average molecular weight is 284 g/mol. The van der Waals surface area contributed by atoms with Gasteiger partial charge in [-0.3, -0.25) is 4.79 Å². The first-order valence-corrected chi connectivity index (χ1v) is 6.82. The van der Waals surface area contributed by atoms with E-state index in [1.165, 1.54) is 0 Å². The number of hydrogen-bond acceptors (Lipinski definition) is 3. The number of carbonyl (C=O) groups is 1. The molecule has 3 N–H and O–H groups in total. The summed E-state index contributed by atoms with van der Waals surface area (Å²) in [5.74, 6) is 0.453. The minimum absolute atomic E-state index is 0.0454. The zero-order valence-corrected chi connectivity index (χ0v) is 12.6. The maximum absolute atomic E-state index is 12.0. The van der Waals surface area contributed by atoms with Crippen LogP contribution in [0.3, 0.4) is 0 Å². The van der Waals surface area contributed by atoms with Crippen molar-refractivity contribution in [3.8, 4) is 5.75 Å². The number of nitrogen functional groups attached to an aromatic ring is 1. The monoisotopic (exact) mass is 284 g/mol. The van der Waals surface area contributed by atoms with E-state index >= 15 is 0 Å². The first-order chi connectivity index (χ1) is 9.95. The van der Waals surface area contributed by atoms with Crippen molar-refractivity contribution in [1.29, 1.82) is 0 Å². The maximum Gasteiger partial charge on any atom is 0.262 e. The number of nitrogens with two attached hydrogens (primary N) is 1. The predicted octanol–water partition coefficient (Wildman–Crippen LogP) is 3.21. The number of aryl methyl sites for hydroxylation is 3. The van der Waals surface area contributed by atoms with Crippen LogP contribution in [0.1, 0.15) is 16.7 Å². The van der Waals surface area contributed by atoms with Gasteiger partial charge in [-0.05, 0) is 55.7 Å². The molecule has 0 aliphatic carbocycles. The van der Waals surface area contributed by atoms with Gasteiger partial charge in [-0.1, -0.05) is 18.2 Å². The van der Waals surface area contributed by atoms with Crippen molar-refractivity contribution in [2.24, 2.45) is 0 Å². The van der Waals surface area contributed by atoms with Gasteiger partial charge in [0.15, 0.2) is 6.61 Å². The fourth-order valence-corrected chi connectivity index (χ4v) is 2.20. The molecule has 0 aliphatic heterocycles. The molecule has 0 atom stereocenters. The molecule has 0 aliphatic rings. The second kappa shape index (κ2) is 6.31. The van der Waals surface area contributed by atoms with Crippen LogP contribution in [0, 0.1) is 20.8 Å². The van der Waals surface area contributed by atoms with Gasteiger partial charge in [-0.2, -0.15) is 0 Å². The molecule has 2 rings (SSSR count). The van der Waals surface area contributed by atoms with Crippen LogP contribution >= 0.6 is 0 Å². The molecular weight excluding hydrogens is 264 g/mol. The summed E-state index contributed by atoms with van der Waals surface area (Å²) in [4.78, 5) is 12.0. The Morgan fingerprint density at radius 2 is 1.90 bits per heavy atom. The molecule has 2 aromatic carbocycles. The molecule has 21 heavy (non-hydrogen) atoms. The van der Waals surface area contributed by atoms with Crippen molar-refractivity contribution in [2.75, 3.05) is 17.7 Å². The van der Waals surface area contributed by atoms with Gasteiger partial charge in [0.2, 0.25) is 0 Å². The third-order valence-corrected chi connectivity index (χ3v) is 3.13. The van der Waals surface area contributed by atoms with Crippen molar-refractivity contribution < 1.29 is 9.53 Å². The topological polar surface area (TPSA) is 64.3 Å². The molecule has 0 fully saturated rings. The Kier molecular flexibility index (Phi) is 4.48. The van der Waals surface area contributed by atoms with Crippen LogP contribution in [0.2, 0.25) is 0 Å². The third-order valence-electron chi connectivity index (χ3n) is 3.13. The standard InChI is InChI=1S/C17H20N2O2/c1-11-5-4-6-14(8-11)21-10-16(20)19-17-13(3)7-12(2)9-15(17)18/h4-9H,10,18H2,1-3H3,(H,19,20). The normalized spacial score (nSPS) is 10.2. The van der Waals surface area contributed by atoms with Crippen molar-refractivity contribution in [3.05, 3.63) is 53.1 Å². The SMILES string of the molecule is Cc1cccc(OCC(=O)Nc2c(C)cc(C)cc2N)c1. The molecule has 0 radical (unpaired) electrons. The summed E-state index contributed by atoms with van der Waals surface area (Å²) in [7, 11) is 0. The number of rotatable bonds is 4. The van der Waals surface area contributed by atoms with Gasteiger partial charge < -0.3 is 15.8 Å². The second-order valence-corrected chi connectivity index (χ2v) is 5.20. The van der Waals surface area contributed by atoms with E-state index in [-0.39, 0.29) is 12.5 Å². The third kappa shape index (κ3) is 3.99. The van der Waals surface area contributed by atoms with Gasteiger partial charge in [0.25, 0.3) is 5.91 Å². The van der Waals surface area contributed by atoms with E-state index in [0.717, 1.165) is 16.7 Å². The number of amides is 1. The predicted molar refractivity (Wildman–Crippen MR) is 85.6 cm³/mol. The molecule has 0 aromatic heterocycles. The van der Waals surface area contributed by atoms with Gasteiger partial charge in [0.05, 0.1) is 11.4 Å². The lowest BCUT2D eigenvalue weighted by Crippen LogP contribution is -2.21. The number of nitrogens with one attached hydrogen (secondary N) is 1. The van der Waals surface area contributed by atoms with Crippen LogP contribution in [-0.4, -0.2) is 12.5 Å². The summed E-state index contributed by atoms with van der Waals surface area (Å²) < 4.78 is 5.47. The molecule has 2 aromatic rings. The highest BCUT2D eigenvalue weighted by Crippen LogP contribution is 2.24. The van der Waals surface area contributed by atoms with Crippen LogP contribution in [0.4, 0.5) is 11.4 Å². The minimum Gasteiger partial charge on any atom is -0.484 e. The number of carbonyl (C=O) groups excluding carboxylic acids is 1. The Morgan fingerprint density at radius 1 is 1.14 bits per heavy atom. The van der Waals surface area contributed by atoms with E-state index in [0.29, 0.717) is 17.1 Å². The summed E-state index contributed by atoms with van der Waals surface area (Å²) >= 11 is 0. The molecule has 110 valence electrons. The number of ether oxygens (including phenoxy) is 1. The van der Waals surface area contributed by atoms with Crippen LogP contribution in [0.15, 0.2) is 36.4 Å². The van der Waals surface area contributed by atoms with Crippen molar-refractivity contribution >= 4 is 17.3 Å². The van der Waals surface area contributed by atoms with Crippen LogP contribution in [0.25, 0.3) is 0 Å². The van der Waals surface area contributed by atoms with Gasteiger partial charge in [0.1, 0.15) is 5.75 Å². The van der Waals surface area contributed by atoms with E-state index in [2.05, 4.69) is 5.32 Å². The Hall–Kier alpha value is -2.49. The van der Waals surface area contributed by atoms with E-state index < -0.39 is 0 Å². The fraction of sp³-hybridized carbons (Fsp3) is 0.235. The zero-order chi connectivity index (χ0) is 15.4. The first-order valence-electron chi connectivity index (χ1n) is 6.82. The van der Waals surface area contributed by atoms with Crippen LogP contribution in [0.5, 0.6) is 5.75 Å². The Balaban J connectivity index is 1.99. The van der Waals surface area contributed by atoms with E-state index in [9.17, 15) is 4.79 Å². The van der Waals surface area contributed by atoms with Gasteiger partial charge >= 0.3 is 0 Å². The molecule has 0 unspecified atom stereocenters. The first kappa shape index (κ1) is 14.9. The van der Waals surface area contributed by atoms with Crippen molar-refractivity contribution in [2.45, 2.75) is 20.8 Å². The minimum atomic E-state index is -0.227. The lowest BCUT2D eigenvalue weighted by Gasteiger charge is -2.13. The molecule has 0 saturated heterocycles. The largest absolute Gasteiger partial charge is 0.484 e. The molecule has 1 amide bonds. The quantitative estimate of drug-likeness (QED) is 0.847. The van der Waals surface area contributed by atoms with E-state index in [1.807, 2.05) is 57.2 Å². The molecule has 0 spiro atoms. The number of hydrogen-bond donors (Lipinski definition) is 2. The van der Waals surface area contributed by atoms with Crippen molar-refractivity contribution in [3.63, 3.8) is 0 Å². The fourth-order valence-electron chi connectivity index (χ4n) is 2.20. The average Bonchev–Trinajstić information content (AvgIpc) is 2.40. The highest BCUT2D eigenvalue weighted by Gasteiger charge is 2.09. The lowest BCUT2D eigenvalue weighted by atomic mass is 10.1. The smallest absolute Gasteiger partial charge is 0.262 e. The summed E-state index contributed by atoms with van der Waals surface area (Å²) in [6, 6.07) is 11.4. The van der Waals surface area contributed by atoms with E-state index in [4.69, 9.17) is 10.5 Å². The van der Waals surface area contributed by atoms with E-state index in [1.54, 1.807) is 0 Å². The van der Waals surface area contributed by atoms with Gasteiger partial charge in [-0.15, -0.1) is 0 Å². The van der Waals surface area contributed by atoms with Crippen molar-refractivity contribution in [1.82, 2.24) is 0 Å². The molecule has 0 saturated carbocycles. The molecular formula is C17H20N2O2. The summed E-state index contributed by atoms with van der Waals surface area (Å²) in [6.07, 6.45) is 0. The summed E-state index contributed by atoms with van der Waals surface area (Å²) in [5, 5.41) is 2.80. The van der Waals surface area contributed by atoms with Crippen LogP contribution < -0.4 is 15.8 Å². The highest BCUT2D eigenvalue weighted by atomic mass is 16.5.